The molecule has 0 spiro atoms. The molecule has 0 nitrogen and oxygen atoms in total. The molecule has 0 atom stereocenters. The molecule has 80 valence electrons. The van der Waals surface area contributed by atoms with Crippen molar-refractivity contribution in [2.75, 3.05) is 0 Å². The zero-order chi connectivity index (χ0) is 10.9. The predicted molar refractivity (Wildman–Crippen MR) is 58.2 cm³/mol. The molecular formula is C12H11ClF2. The molecule has 0 amide bonds. The third-order valence-electron chi connectivity index (χ3n) is 2.56. The van der Waals surface area contributed by atoms with E-state index in [-0.39, 0.29) is 6.42 Å². The number of alkyl halides is 2. The monoisotopic (exact) mass is 228 g/mol. The fraction of sp³-hybridized carbons (Fsp3) is 0.333. The molecule has 0 radical (unpaired) electrons. The van der Waals surface area contributed by atoms with Crippen LogP contribution in [0.1, 0.15) is 24.8 Å². The van der Waals surface area contributed by atoms with Crippen molar-refractivity contribution >= 4 is 17.2 Å². The van der Waals surface area contributed by atoms with E-state index in [0.717, 1.165) is 11.6 Å². The summed E-state index contributed by atoms with van der Waals surface area (Å²) in [4.78, 5) is 0. The molecule has 0 aliphatic heterocycles. The lowest BCUT2D eigenvalue weighted by Crippen LogP contribution is -2.16. The van der Waals surface area contributed by atoms with Crippen molar-refractivity contribution in [1.82, 2.24) is 0 Å². The molecule has 3 heteroatoms. The highest BCUT2D eigenvalue weighted by Gasteiger charge is 2.30. The molecule has 0 saturated carbocycles. The van der Waals surface area contributed by atoms with Crippen LogP contribution in [0.5, 0.6) is 0 Å². The van der Waals surface area contributed by atoms with Gasteiger partial charge in [-0.1, -0.05) is 29.8 Å². The van der Waals surface area contributed by atoms with E-state index in [1.165, 1.54) is 0 Å². The summed E-state index contributed by atoms with van der Waals surface area (Å²) in [5.41, 5.74) is 1.40. The van der Waals surface area contributed by atoms with Gasteiger partial charge in [-0.15, -0.1) is 0 Å². The van der Waals surface area contributed by atoms with Gasteiger partial charge in [-0.05, 0) is 36.1 Å². The molecule has 0 saturated heterocycles. The zero-order valence-corrected chi connectivity index (χ0v) is 8.90. The van der Waals surface area contributed by atoms with Gasteiger partial charge in [0.25, 0.3) is 5.92 Å². The van der Waals surface area contributed by atoms with E-state index in [4.69, 9.17) is 11.6 Å². The summed E-state index contributed by atoms with van der Waals surface area (Å²) in [7, 11) is 0. The third-order valence-corrected chi connectivity index (χ3v) is 2.89. The lowest BCUT2D eigenvalue weighted by molar-refractivity contribution is 0.0404. The lowest BCUT2D eigenvalue weighted by Gasteiger charge is -2.21. The molecule has 0 unspecified atom stereocenters. The van der Waals surface area contributed by atoms with E-state index in [1.54, 1.807) is 18.2 Å². The van der Waals surface area contributed by atoms with Gasteiger partial charge in [0, 0.05) is 11.4 Å². The van der Waals surface area contributed by atoms with Gasteiger partial charge in [0.1, 0.15) is 0 Å². The topological polar surface area (TPSA) is 0 Å². The summed E-state index contributed by atoms with van der Waals surface area (Å²) in [6.45, 7) is 0. The van der Waals surface area contributed by atoms with Crippen molar-refractivity contribution in [3.8, 4) is 0 Å². The second kappa shape index (κ2) is 3.93. The van der Waals surface area contributed by atoms with Crippen molar-refractivity contribution < 1.29 is 8.78 Å². The van der Waals surface area contributed by atoms with Crippen molar-refractivity contribution in [2.45, 2.75) is 25.2 Å². The number of rotatable bonds is 1. The van der Waals surface area contributed by atoms with Gasteiger partial charge < -0.3 is 0 Å². The SMILES string of the molecule is FC1(F)C=C(c2ccccc2Cl)CCC1. The molecule has 0 N–H and O–H groups in total. The number of hydrogen-bond acceptors (Lipinski definition) is 0. The molecule has 2 rings (SSSR count). The Kier molecular flexibility index (Phi) is 2.79. The molecule has 0 aromatic heterocycles. The minimum absolute atomic E-state index is 0.0546. The molecular weight excluding hydrogens is 218 g/mol. The second-order valence-electron chi connectivity index (χ2n) is 3.76. The summed E-state index contributed by atoms with van der Waals surface area (Å²) >= 11 is 5.96. The number of hydrogen-bond donors (Lipinski definition) is 0. The minimum atomic E-state index is -2.67. The standard InChI is InChI=1S/C12H11ClF2/c13-11-6-2-1-5-10(11)9-4-3-7-12(14,15)8-9/h1-2,5-6,8H,3-4,7H2. The van der Waals surface area contributed by atoms with Crippen LogP contribution in [0.2, 0.25) is 5.02 Å². The molecule has 0 heterocycles. The highest BCUT2D eigenvalue weighted by Crippen LogP contribution is 2.37. The van der Waals surface area contributed by atoms with Crippen LogP contribution in [0.25, 0.3) is 5.57 Å². The maximum absolute atomic E-state index is 13.2. The Morgan fingerprint density at radius 1 is 1.20 bits per heavy atom. The number of halogens is 3. The van der Waals surface area contributed by atoms with E-state index < -0.39 is 5.92 Å². The third kappa shape index (κ3) is 2.37. The zero-order valence-electron chi connectivity index (χ0n) is 8.14. The Bertz CT molecular complexity index is 396. The molecule has 15 heavy (non-hydrogen) atoms. The number of benzene rings is 1. The van der Waals surface area contributed by atoms with Gasteiger partial charge in [-0.3, -0.25) is 0 Å². The van der Waals surface area contributed by atoms with Crippen LogP contribution in [0.3, 0.4) is 0 Å². The van der Waals surface area contributed by atoms with Crippen molar-refractivity contribution in [2.24, 2.45) is 0 Å². The smallest absolute Gasteiger partial charge is 0.202 e. The van der Waals surface area contributed by atoms with Crippen LogP contribution in [0.15, 0.2) is 30.3 Å². The van der Waals surface area contributed by atoms with Crippen LogP contribution in [0.4, 0.5) is 8.78 Å². The van der Waals surface area contributed by atoms with Crippen LogP contribution in [-0.4, -0.2) is 5.92 Å². The summed E-state index contributed by atoms with van der Waals surface area (Å²) in [6, 6.07) is 7.13. The summed E-state index contributed by atoms with van der Waals surface area (Å²) < 4.78 is 26.3. The molecule has 1 aliphatic rings. The summed E-state index contributed by atoms with van der Waals surface area (Å²) in [5, 5.41) is 0.543. The van der Waals surface area contributed by atoms with Gasteiger partial charge in [-0.2, -0.15) is 0 Å². The summed E-state index contributed by atoms with van der Waals surface area (Å²) in [6.07, 6.45) is 2.20. The Hall–Kier alpha value is -0.890. The largest absolute Gasteiger partial charge is 0.267 e. The Morgan fingerprint density at radius 3 is 2.60 bits per heavy atom. The van der Waals surface area contributed by atoms with Crippen LogP contribution < -0.4 is 0 Å². The molecule has 1 aromatic rings. The van der Waals surface area contributed by atoms with Gasteiger partial charge in [0.05, 0.1) is 0 Å². The molecule has 1 aliphatic carbocycles. The van der Waals surface area contributed by atoms with E-state index in [9.17, 15) is 8.78 Å². The van der Waals surface area contributed by atoms with Crippen molar-refractivity contribution in [3.05, 3.63) is 40.9 Å². The van der Waals surface area contributed by atoms with E-state index in [2.05, 4.69) is 0 Å². The van der Waals surface area contributed by atoms with Gasteiger partial charge in [0.15, 0.2) is 0 Å². The average Bonchev–Trinajstić information content (AvgIpc) is 2.17. The van der Waals surface area contributed by atoms with Crippen LogP contribution >= 0.6 is 11.6 Å². The molecule has 0 bridgehead atoms. The second-order valence-corrected chi connectivity index (χ2v) is 4.17. The Morgan fingerprint density at radius 2 is 1.93 bits per heavy atom. The van der Waals surface area contributed by atoms with E-state index in [0.29, 0.717) is 23.4 Å². The van der Waals surface area contributed by atoms with Crippen molar-refractivity contribution in [3.63, 3.8) is 0 Å². The lowest BCUT2D eigenvalue weighted by atomic mass is 9.92. The quantitative estimate of drug-likeness (QED) is 0.662. The normalized spacial score (nSPS) is 19.8. The van der Waals surface area contributed by atoms with Gasteiger partial charge >= 0.3 is 0 Å². The van der Waals surface area contributed by atoms with E-state index in [1.807, 2.05) is 6.07 Å². The van der Waals surface area contributed by atoms with Gasteiger partial charge in [-0.25, -0.2) is 8.78 Å². The first kappa shape index (κ1) is 10.6. The summed E-state index contributed by atoms with van der Waals surface area (Å²) in [5.74, 6) is -2.67. The van der Waals surface area contributed by atoms with Gasteiger partial charge in [0.2, 0.25) is 0 Å². The number of allylic oxidation sites excluding steroid dienone is 2. The van der Waals surface area contributed by atoms with Crippen LogP contribution in [-0.2, 0) is 0 Å². The molecule has 0 fully saturated rings. The van der Waals surface area contributed by atoms with E-state index >= 15 is 0 Å². The first-order valence-corrected chi connectivity index (χ1v) is 5.31. The molecule has 1 aromatic carbocycles. The minimum Gasteiger partial charge on any atom is -0.202 e. The fourth-order valence-corrected chi connectivity index (χ4v) is 2.10. The maximum atomic E-state index is 13.2. The average molecular weight is 229 g/mol. The Balaban J connectivity index is 2.40. The fourth-order valence-electron chi connectivity index (χ4n) is 1.85. The van der Waals surface area contributed by atoms with Crippen molar-refractivity contribution in [1.29, 1.82) is 0 Å². The first-order valence-electron chi connectivity index (χ1n) is 4.93. The Labute approximate surface area is 92.6 Å². The first-order chi connectivity index (χ1) is 7.08. The highest BCUT2D eigenvalue weighted by atomic mass is 35.5. The maximum Gasteiger partial charge on any atom is 0.267 e. The van der Waals surface area contributed by atoms with Crippen LogP contribution in [0, 0.1) is 0 Å². The predicted octanol–water partition coefficient (Wildman–Crippen LogP) is 4.54. The highest BCUT2D eigenvalue weighted by molar-refractivity contribution is 6.32.